The number of rotatable bonds is 3. The molecule has 0 bridgehead atoms. The molecule has 0 aliphatic rings. The number of nitrogens with one attached hydrogen (secondary N) is 1. The Balaban J connectivity index is 2.18. The molecular weight excluding hydrogens is 252 g/mol. The summed E-state index contributed by atoms with van der Waals surface area (Å²) in [5.74, 6) is 0. The van der Waals surface area contributed by atoms with Crippen LogP contribution < -0.4 is 5.56 Å². The number of H-pyrrole nitrogens is 1. The van der Waals surface area contributed by atoms with Crippen LogP contribution in [0.3, 0.4) is 0 Å². The second kappa shape index (κ2) is 4.76. The fraction of sp³-hybridized carbons (Fsp3) is 0.333. The highest BCUT2D eigenvalue weighted by Crippen LogP contribution is 2.22. The first-order chi connectivity index (χ1) is 9.56. The van der Waals surface area contributed by atoms with E-state index in [0.29, 0.717) is 12.1 Å². The number of benzene rings is 1. The van der Waals surface area contributed by atoms with Gasteiger partial charge in [0.2, 0.25) is 0 Å². The summed E-state index contributed by atoms with van der Waals surface area (Å²) in [7, 11) is 3.98. The minimum atomic E-state index is -0.00861. The summed E-state index contributed by atoms with van der Waals surface area (Å²) >= 11 is 0. The van der Waals surface area contributed by atoms with Crippen LogP contribution in [0.2, 0.25) is 0 Å². The maximum Gasteiger partial charge on any atom is 0.277 e. The van der Waals surface area contributed by atoms with E-state index in [2.05, 4.69) is 16.0 Å². The number of likely N-dealkylation sites (N-methyl/N-ethyl adjacent to an activating group) is 1. The number of nitrogens with zero attached hydrogens (tertiary/aromatic N) is 3. The average molecular weight is 270 g/mol. The predicted molar refractivity (Wildman–Crippen MR) is 81.2 cm³/mol. The molecule has 20 heavy (non-hydrogen) atoms. The molecule has 0 aliphatic carbocycles. The highest BCUT2D eigenvalue weighted by molar-refractivity contribution is 6.04. The summed E-state index contributed by atoms with van der Waals surface area (Å²) in [6, 6.07) is 6.09. The Morgan fingerprint density at radius 1 is 1.35 bits per heavy atom. The molecule has 2 heterocycles. The van der Waals surface area contributed by atoms with Crippen LogP contribution in [0.15, 0.2) is 29.3 Å². The second-order valence-electron chi connectivity index (χ2n) is 5.44. The SMILES string of the molecule is Cc1ccc2[nH]c3c(=O)n(CCN(C)C)cnc3c2c1. The maximum atomic E-state index is 12.5. The lowest BCUT2D eigenvalue weighted by Crippen LogP contribution is -2.26. The van der Waals surface area contributed by atoms with Crippen molar-refractivity contribution in [1.82, 2.24) is 19.4 Å². The van der Waals surface area contributed by atoms with E-state index in [1.807, 2.05) is 38.1 Å². The quantitative estimate of drug-likeness (QED) is 0.789. The first-order valence-corrected chi connectivity index (χ1v) is 6.68. The van der Waals surface area contributed by atoms with Crippen molar-refractivity contribution in [1.29, 1.82) is 0 Å². The molecule has 0 radical (unpaired) electrons. The molecule has 0 amide bonds. The topological polar surface area (TPSA) is 53.9 Å². The molecule has 3 aromatic rings. The van der Waals surface area contributed by atoms with Gasteiger partial charge in [0.05, 0.1) is 6.33 Å². The first kappa shape index (κ1) is 12.9. The van der Waals surface area contributed by atoms with Crippen molar-refractivity contribution < 1.29 is 0 Å². The molecule has 0 aliphatic heterocycles. The Kier molecular flexibility index (Phi) is 3.06. The van der Waals surface area contributed by atoms with Gasteiger partial charge in [0, 0.05) is 24.0 Å². The molecule has 104 valence electrons. The van der Waals surface area contributed by atoms with Gasteiger partial charge in [-0.05, 0) is 33.2 Å². The van der Waals surface area contributed by atoms with Crippen LogP contribution in [0.4, 0.5) is 0 Å². The van der Waals surface area contributed by atoms with Crippen molar-refractivity contribution in [2.45, 2.75) is 13.5 Å². The highest BCUT2D eigenvalue weighted by atomic mass is 16.1. The minimum absolute atomic E-state index is 0.00861. The van der Waals surface area contributed by atoms with Gasteiger partial charge in [-0.15, -0.1) is 0 Å². The average Bonchev–Trinajstić information content (AvgIpc) is 2.77. The molecule has 2 aromatic heterocycles. The van der Waals surface area contributed by atoms with E-state index < -0.39 is 0 Å². The van der Waals surface area contributed by atoms with Gasteiger partial charge in [-0.3, -0.25) is 9.36 Å². The van der Waals surface area contributed by atoms with Gasteiger partial charge in [0.1, 0.15) is 11.0 Å². The lowest BCUT2D eigenvalue weighted by Gasteiger charge is -2.10. The molecule has 5 heteroatoms. The third-order valence-electron chi connectivity index (χ3n) is 3.52. The van der Waals surface area contributed by atoms with E-state index in [-0.39, 0.29) is 5.56 Å². The van der Waals surface area contributed by atoms with Crippen molar-refractivity contribution in [3.63, 3.8) is 0 Å². The Labute approximate surface area is 116 Å². The predicted octanol–water partition coefficient (Wildman–Crippen LogP) is 1.75. The third-order valence-corrected chi connectivity index (χ3v) is 3.52. The summed E-state index contributed by atoms with van der Waals surface area (Å²) < 4.78 is 1.66. The fourth-order valence-corrected chi connectivity index (χ4v) is 2.37. The van der Waals surface area contributed by atoms with Crippen molar-refractivity contribution in [2.75, 3.05) is 20.6 Å². The minimum Gasteiger partial charge on any atom is -0.349 e. The van der Waals surface area contributed by atoms with Gasteiger partial charge < -0.3 is 9.88 Å². The molecule has 0 spiro atoms. The number of aromatic amines is 1. The normalized spacial score (nSPS) is 11.8. The lowest BCUT2D eigenvalue weighted by molar-refractivity contribution is 0.380. The molecule has 1 N–H and O–H groups in total. The molecule has 0 fully saturated rings. The number of aryl methyl sites for hydroxylation is 1. The fourth-order valence-electron chi connectivity index (χ4n) is 2.37. The Bertz CT molecular complexity index is 829. The molecule has 1 aromatic carbocycles. The zero-order valence-electron chi connectivity index (χ0n) is 12.0. The van der Waals surface area contributed by atoms with E-state index in [4.69, 9.17) is 0 Å². The lowest BCUT2D eigenvalue weighted by atomic mass is 10.2. The molecular formula is C15H18N4O. The number of fused-ring (bicyclic) bond motifs is 3. The van der Waals surface area contributed by atoms with Crippen molar-refractivity contribution in [2.24, 2.45) is 0 Å². The standard InChI is InChI=1S/C15H18N4O/c1-10-4-5-12-11(8-10)13-14(17-12)15(20)19(9-16-13)7-6-18(2)3/h4-5,8-9,17H,6-7H2,1-3H3. The van der Waals surface area contributed by atoms with Crippen molar-refractivity contribution in [3.05, 3.63) is 40.4 Å². The number of hydrogen-bond acceptors (Lipinski definition) is 3. The zero-order valence-corrected chi connectivity index (χ0v) is 12.0. The molecule has 0 unspecified atom stereocenters. The zero-order chi connectivity index (χ0) is 14.3. The van der Waals surface area contributed by atoms with Gasteiger partial charge in [-0.2, -0.15) is 0 Å². The van der Waals surface area contributed by atoms with Gasteiger partial charge in [-0.1, -0.05) is 11.6 Å². The van der Waals surface area contributed by atoms with Gasteiger partial charge >= 0.3 is 0 Å². The summed E-state index contributed by atoms with van der Waals surface area (Å²) in [5.41, 5.74) is 3.46. The van der Waals surface area contributed by atoms with Crippen LogP contribution in [0.1, 0.15) is 5.56 Å². The largest absolute Gasteiger partial charge is 0.349 e. The Morgan fingerprint density at radius 2 is 2.15 bits per heavy atom. The van der Waals surface area contributed by atoms with Gasteiger partial charge in [0.15, 0.2) is 0 Å². The number of hydrogen-bond donors (Lipinski definition) is 1. The summed E-state index contributed by atoms with van der Waals surface area (Å²) in [6.07, 6.45) is 1.64. The molecule has 3 rings (SSSR count). The van der Waals surface area contributed by atoms with E-state index in [9.17, 15) is 4.79 Å². The maximum absolute atomic E-state index is 12.5. The van der Waals surface area contributed by atoms with Crippen LogP contribution in [0.5, 0.6) is 0 Å². The first-order valence-electron chi connectivity index (χ1n) is 6.68. The van der Waals surface area contributed by atoms with Crippen LogP contribution in [-0.4, -0.2) is 40.1 Å². The molecule has 0 atom stereocenters. The smallest absolute Gasteiger partial charge is 0.277 e. The molecule has 0 saturated carbocycles. The van der Waals surface area contributed by atoms with Crippen LogP contribution >= 0.6 is 0 Å². The number of aromatic nitrogens is 3. The Morgan fingerprint density at radius 3 is 2.90 bits per heavy atom. The van der Waals surface area contributed by atoms with Crippen LogP contribution in [0, 0.1) is 6.92 Å². The van der Waals surface area contributed by atoms with E-state index >= 15 is 0 Å². The van der Waals surface area contributed by atoms with Gasteiger partial charge in [0.25, 0.3) is 5.56 Å². The van der Waals surface area contributed by atoms with Crippen LogP contribution in [0.25, 0.3) is 21.9 Å². The summed E-state index contributed by atoms with van der Waals surface area (Å²) in [4.78, 5) is 22.2. The van der Waals surface area contributed by atoms with Gasteiger partial charge in [-0.25, -0.2) is 4.98 Å². The van der Waals surface area contributed by atoms with Crippen molar-refractivity contribution >= 4 is 21.9 Å². The highest BCUT2D eigenvalue weighted by Gasteiger charge is 2.10. The van der Waals surface area contributed by atoms with Crippen LogP contribution in [-0.2, 0) is 6.54 Å². The molecule has 0 saturated heterocycles. The van der Waals surface area contributed by atoms with Crippen molar-refractivity contribution in [3.8, 4) is 0 Å². The Hall–Kier alpha value is -2.14. The monoisotopic (exact) mass is 270 g/mol. The summed E-state index contributed by atoms with van der Waals surface area (Å²) in [6.45, 7) is 3.49. The summed E-state index contributed by atoms with van der Waals surface area (Å²) in [5, 5.41) is 1.01. The van der Waals surface area contributed by atoms with E-state index in [0.717, 1.165) is 28.5 Å². The molecule has 5 nitrogen and oxygen atoms in total. The second-order valence-corrected chi connectivity index (χ2v) is 5.44. The van der Waals surface area contributed by atoms with E-state index in [1.165, 1.54) is 0 Å². The van der Waals surface area contributed by atoms with E-state index in [1.54, 1.807) is 10.9 Å². The third kappa shape index (κ3) is 2.10.